The molecule has 3 atom stereocenters. The largest absolute Gasteiger partial charge is 0.353 e. The molecule has 1 saturated heterocycles. The third-order valence-electron chi connectivity index (χ3n) is 4.05. The summed E-state index contributed by atoms with van der Waals surface area (Å²) in [5.74, 6) is 0.918. The van der Waals surface area contributed by atoms with Gasteiger partial charge in [-0.1, -0.05) is 19.8 Å². The molecule has 1 heterocycles. The zero-order chi connectivity index (χ0) is 11.4. The predicted octanol–water partition coefficient (Wildman–Crippen LogP) is 1.82. The van der Waals surface area contributed by atoms with E-state index in [0.29, 0.717) is 24.4 Å². The summed E-state index contributed by atoms with van der Waals surface area (Å²) in [5, 5.41) is 6.62. The summed E-state index contributed by atoms with van der Waals surface area (Å²) in [4.78, 5) is 11.9. The lowest BCUT2D eigenvalue weighted by molar-refractivity contribution is -0.122. The Bertz CT molecular complexity index is 236. The van der Waals surface area contributed by atoms with Gasteiger partial charge in [0.1, 0.15) is 0 Å². The maximum absolute atomic E-state index is 11.9. The van der Waals surface area contributed by atoms with Gasteiger partial charge in [-0.2, -0.15) is 0 Å². The summed E-state index contributed by atoms with van der Waals surface area (Å²) in [6, 6.07) is 0.863. The van der Waals surface area contributed by atoms with Gasteiger partial charge in [0.15, 0.2) is 0 Å². The van der Waals surface area contributed by atoms with Gasteiger partial charge in [0, 0.05) is 18.5 Å². The van der Waals surface area contributed by atoms with Crippen molar-refractivity contribution in [2.75, 3.05) is 6.54 Å². The van der Waals surface area contributed by atoms with Crippen LogP contribution >= 0.6 is 0 Å². The number of amides is 1. The molecule has 3 heteroatoms. The van der Waals surface area contributed by atoms with Crippen LogP contribution in [0.1, 0.15) is 51.9 Å². The summed E-state index contributed by atoms with van der Waals surface area (Å²) in [5.41, 5.74) is 0. The molecular weight excluding hydrogens is 200 g/mol. The Morgan fingerprint density at radius 1 is 1.25 bits per heavy atom. The molecule has 92 valence electrons. The first-order valence-corrected chi connectivity index (χ1v) is 6.78. The van der Waals surface area contributed by atoms with Crippen molar-refractivity contribution in [3.05, 3.63) is 0 Å². The van der Waals surface area contributed by atoms with Crippen molar-refractivity contribution in [3.8, 4) is 0 Å². The van der Waals surface area contributed by atoms with Crippen molar-refractivity contribution < 1.29 is 4.79 Å². The van der Waals surface area contributed by atoms with Gasteiger partial charge < -0.3 is 10.6 Å². The van der Waals surface area contributed by atoms with E-state index in [9.17, 15) is 4.79 Å². The first-order valence-electron chi connectivity index (χ1n) is 6.78. The van der Waals surface area contributed by atoms with Crippen LogP contribution in [0.2, 0.25) is 0 Å². The number of hydrogen-bond donors (Lipinski definition) is 2. The molecule has 0 aromatic carbocycles. The zero-order valence-electron chi connectivity index (χ0n) is 10.3. The van der Waals surface area contributed by atoms with Crippen LogP contribution in [0.5, 0.6) is 0 Å². The van der Waals surface area contributed by atoms with Gasteiger partial charge in [-0.05, 0) is 38.1 Å². The molecule has 3 nitrogen and oxygen atoms in total. The predicted molar refractivity (Wildman–Crippen MR) is 65.2 cm³/mol. The van der Waals surface area contributed by atoms with Crippen LogP contribution in [0.15, 0.2) is 0 Å². The molecule has 1 aliphatic heterocycles. The number of nitrogens with one attached hydrogen (secondary N) is 2. The summed E-state index contributed by atoms with van der Waals surface area (Å²) in [7, 11) is 0. The van der Waals surface area contributed by atoms with Crippen LogP contribution in [0, 0.1) is 5.92 Å². The SMILES string of the molecule is CC1CCCC1NC(=O)CC1CCCCN1. The third kappa shape index (κ3) is 3.21. The van der Waals surface area contributed by atoms with Gasteiger partial charge in [0.05, 0.1) is 0 Å². The topological polar surface area (TPSA) is 41.1 Å². The van der Waals surface area contributed by atoms with E-state index in [2.05, 4.69) is 17.6 Å². The Morgan fingerprint density at radius 2 is 2.12 bits per heavy atom. The second-order valence-corrected chi connectivity index (χ2v) is 5.43. The van der Waals surface area contributed by atoms with Gasteiger partial charge >= 0.3 is 0 Å². The van der Waals surface area contributed by atoms with Crippen molar-refractivity contribution in [3.63, 3.8) is 0 Å². The van der Waals surface area contributed by atoms with E-state index in [-0.39, 0.29) is 5.91 Å². The fraction of sp³-hybridized carbons (Fsp3) is 0.923. The number of hydrogen-bond acceptors (Lipinski definition) is 2. The first kappa shape index (κ1) is 11.9. The highest BCUT2D eigenvalue weighted by molar-refractivity contribution is 5.77. The van der Waals surface area contributed by atoms with E-state index < -0.39 is 0 Å². The minimum absolute atomic E-state index is 0.248. The molecule has 0 radical (unpaired) electrons. The van der Waals surface area contributed by atoms with Gasteiger partial charge in [-0.15, -0.1) is 0 Å². The van der Waals surface area contributed by atoms with E-state index in [1.165, 1.54) is 32.1 Å². The second-order valence-electron chi connectivity index (χ2n) is 5.43. The molecule has 1 amide bonds. The molecule has 2 aliphatic rings. The standard InChI is InChI=1S/C13H24N2O/c1-10-5-4-7-12(10)15-13(16)9-11-6-2-3-8-14-11/h10-12,14H,2-9H2,1H3,(H,15,16). The fourth-order valence-electron chi connectivity index (χ4n) is 2.95. The molecule has 1 saturated carbocycles. The van der Waals surface area contributed by atoms with Crippen LogP contribution in [0.3, 0.4) is 0 Å². The monoisotopic (exact) mass is 224 g/mol. The number of piperidine rings is 1. The van der Waals surface area contributed by atoms with E-state index in [4.69, 9.17) is 0 Å². The summed E-state index contributed by atoms with van der Waals surface area (Å²) in [6.45, 7) is 3.33. The number of carbonyl (C=O) groups is 1. The Hall–Kier alpha value is -0.570. The van der Waals surface area contributed by atoms with E-state index in [0.717, 1.165) is 13.0 Å². The lowest BCUT2D eigenvalue weighted by atomic mass is 10.0. The van der Waals surface area contributed by atoms with E-state index in [1.54, 1.807) is 0 Å². The molecule has 3 unspecified atom stereocenters. The molecule has 0 aromatic heterocycles. The minimum Gasteiger partial charge on any atom is -0.353 e. The van der Waals surface area contributed by atoms with Crippen molar-refractivity contribution in [2.24, 2.45) is 5.92 Å². The molecule has 2 rings (SSSR count). The zero-order valence-corrected chi connectivity index (χ0v) is 10.3. The Morgan fingerprint density at radius 3 is 2.75 bits per heavy atom. The highest BCUT2D eigenvalue weighted by atomic mass is 16.1. The summed E-state index contributed by atoms with van der Waals surface area (Å²) < 4.78 is 0. The Labute approximate surface area is 98.4 Å². The molecule has 16 heavy (non-hydrogen) atoms. The fourth-order valence-corrected chi connectivity index (χ4v) is 2.95. The maximum Gasteiger partial charge on any atom is 0.221 e. The van der Waals surface area contributed by atoms with Gasteiger partial charge in [-0.3, -0.25) is 4.79 Å². The van der Waals surface area contributed by atoms with Crippen LogP contribution in [-0.4, -0.2) is 24.5 Å². The quantitative estimate of drug-likeness (QED) is 0.768. The summed E-state index contributed by atoms with van der Waals surface area (Å²) in [6.07, 6.45) is 8.07. The highest BCUT2D eigenvalue weighted by Gasteiger charge is 2.25. The van der Waals surface area contributed by atoms with Crippen molar-refractivity contribution >= 4 is 5.91 Å². The van der Waals surface area contributed by atoms with E-state index in [1.807, 2.05) is 0 Å². The van der Waals surface area contributed by atoms with Crippen LogP contribution in [0.25, 0.3) is 0 Å². The van der Waals surface area contributed by atoms with Gasteiger partial charge in [0.25, 0.3) is 0 Å². The summed E-state index contributed by atoms with van der Waals surface area (Å²) >= 11 is 0. The van der Waals surface area contributed by atoms with Crippen molar-refractivity contribution in [1.82, 2.24) is 10.6 Å². The minimum atomic E-state index is 0.248. The average molecular weight is 224 g/mol. The lowest BCUT2D eigenvalue weighted by Crippen LogP contribution is -2.42. The molecule has 1 aliphatic carbocycles. The first-order chi connectivity index (χ1) is 7.75. The highest BCUT2D eigenvalue weighted by Crippen LogP contribution is 2.24. The normalized spacial score (nSPS) is 34.9. The van der Waals surface area contributed by atoms with Crippen LogP contribution in [-0.2, 0) is 4.79 Å². The molecule has 0 aromatic rings. The van der Waals surface area contributed by atoms with Crippen LogP contribution in [0.4, 0.5) is 0 Å². The number of rotatable bonds is 3. The third-order valence-corrected chi connectivity index (χ3v) is 4.05. The molecule has 0 spiro atoms. The average Bonchev–Trinajstić information content (AvgIpc) is 2.66. The lowest BCUT2D eigenvalue weighted by Gasteiger charge is -2.24. The molecule has 0 bridgehead atoms. The Balaban J connectivity index is 1.70. The smallest absolute Gasteiger partial charge is 0.221 e. The molecule has 2 N–H and O–H groups in total. The van der Waals surface area contributed by atoms with Crippen LogP contribution < -0.4 is 10.6 Å². The molecular formula is C13H24N2O. The van der Waals surface area contributed by atoms with Crippen molar-refractivity contribution in [1.29, 1.82) is 0 Å². The van der Waals surface area contributed by atoms with E-state index >= 15 is 0 Å². The molecule has 2 fully saturated rings. The van der Waals surface area contributed by atoms with Gasteiger partial charge in [0.2, 0.25) is 5.91 Å². The van der Waals surface area contributed by atoms with Crippen molar-refractivity contribution in [2.45, 2.75) is 64.0 Å². The number of carbonyl (C=O) groups excluding carboxylic acids is 1. The maximum atomic E-state index is 11.9. The van der Waals surface area contributed by atoms with Gasteiger partial charge in [-0.25, -0.2) is 0 Å². The Kier molecular flexibility index (Phi) is 4.22. The second kappa shape index (κ2) is 5.67.